The molecule has 0 radical (unpaired) electrons. The molecule has 2 aliphatic heterocycles. The minimum absolute atomic E-state index is 0.133. The van der Waals surface area contributed by atoms with Crippen molar-refractivity contribution in [2.75, 3.05) is 13.2 Å². The Morgan fingerprint density at radius 3 is 1.41 bits per heavy atom. The van der Waals surface area contributed by atoms with E-state index in [4.69, 9.17) is 23.7 Å². The molecule has 27 heavy (non-hydrogen) atoms. The van der Waals surface area contributed by atoms with Gasteiger partial charge < -0.3 is 18.9 Å². The van der Waals surface area contributed by atoms with Crippen molar-refractivity contribution < 1.29 is 23.7 Å². The third-order valence-corrected chi connectivity index (χ3v) is 5.05. The number of hydrogen-bond acceptors (Lipinski definition) is 5. The predicted molar refractivity (Wildman–Crippen MR) is 101 cm³/mol. The van der Waals surface area contributed by atoms with Crippen molar-refractivity contribution in [2.24, 2.45) is 0 Å². The standard InChI is InChI=1S/C22H26O5/c1-3-21(19-15-23-19,25-17-11-7-5-8-12-17)27-22(4-2,20-16-24-20)26-18-13-9-6-10-14-18/h5-14,19-20H,3-4,15-16H2,1-2H3. The fourth-order valence-electron chi connectivity index (χ4n) is 3.32. The highest BCUT2D eigenvalue weighted by atomic mass is 16.8. The fraction of sp³-hybridized carbons (Fsp3) is 0.455. The van der Waals surface area contributed by atoms with Crippen LogP contribution in [-0.4, -0.2) is 37.0 Å². The third-order valence-electron chi connectivity index (χ3n) is 5.05. The van der Waals surface area contributed by atoms with E-state index in [0.717, 1.165) is 11.5 Å². The molecule has 0 aromatic heterocycles. The van der Waals surface area contributed by atoms with Crippen molar-refractivity contribution in [1.82, 2.24) is 0 Å². The third kappa shape index (κ3) is 3.95. The first-order valence-corrected chi connectivity index (χ1v) is 9.61. The molecule has 2 saturated heterocycles. The number of ether oxygens (including phenoxy) is 5. The molecule has 2 fully saturated rings. The molecular weight excluding hydrogens is 344 g/mol. The van der Waals surface area contributed by atoms with Crippen LogP contribution in [0.25, 0.3) is 0 Å². The summed E-state index contributed by atoms with van der Waals surface area (Å²) in [7, 11) is 0. The Labute approximate surface area is 160 Å². The molecule has 2 aromatic carbocycles. The number of epoxide rings is 2. The van der Waals surface area contributed by atoms with Crippen LogP contribution in [0, 0.1) is 0 Å². The molecule has 144 valence electrons. The first kappa shape index (κ1) is 18.3. The van der Waals surface area contributed by atoms with E-state index in [9.17, 15) is 0 Å². The van der Waals surface area contributed by atoms with Crippen molar-refractivity contribution >= 4 is 0 Å². The monoisotopic (exact) mass is 370 g/mol. The van der Waals surface area contributed by atoms with E-state index < -0.39 is 11.6 Å². The number of benzene rings is 2. The quantitative estimate of drug-likeness (QED) is 0.464. The van der Waals surface area contributed by atoms with Gasteiger partial charge >= 0.3 is 0 Å². The van der Waals surface area contributed by atoms with Crippen LogP contribution in [0.5, 0.6) is 11.5 Å². The molecule has 0 saturated carbocycles. The van der Waals surface area contributed by atoms with Gasteiger partial charge in [-0.2, -0.15) is 0 Å². The van der Waals surface area contributed by atoms with Gasteiger partial charge in [0.05, 0.1) is 13.2 Å². The van der Waals surface area contributed by atoms with Gasteiger partial charge in [-0.1, -0.05) is 50.2 Å². The van der Waals surface area contributed by atoms with Crippen LogP contribution in [0.4, 0.5) is 0 Å². The Bertz CT molecular complexity index is 665. The lowest BCUT2D eigenvalue weighted by Crippen LogP contribution is -2.56. The van der Waals surface area contributed by atoms with Crippen molar-refractivity contribution in [2.45, 2.75) is 50.5 Å². The predicted octanol–water partition coefficient (Wildman–Crippen LogP) is 4.17. The topological polar surface area (TPSA) is 52.8 Å². The van der Waals surface area contributed by atoms with Gasteiger partial charge in [-0.15, -0.1) is 0 Å². The average molecular weight is 370 g/mol. The van der Waals surface area contributed by atoms with Gasteiger partial charge in [0.25, 0.3) is 0 Å². The summed E-state index contributed by atoms with van der Waals surface area (Å²) in [4.78, 5) is 0. The van der Waals surface area contributed by atoms with E-state index in [1.807, 2.05) is 74.5 Å². The van der Waals surface area contributed by atoms with Crippen molar-refractivity contribution in [1.29, 1.82) is 0 Å². The summed E-state index contributed by atoms with van der Waals surface area (Å²) in [5.41, 5.74) is 0. The highest BCUT2D eigenvalue weighted by molar-refractivity contribution is 5.24. The zero-order chi connectivity index (χ0) is 18.7. The Hall–Kier alpha value is -2.08. The Morgan fingerprint density at radius 2 is 1.11 bits per heavy atom. The lowest BCUT2D eigenvalue weighted by molar-refractivity contribution is -0.325. The van der Waals surface area contributed by atoms with Crippen LogP contribution in [-0.2, 0) is 14.2 Å². The summed E-state index contributed by atoms with van der Waals surface area (Å²) in [6.07, 6.45) is 0.983. The molecule has 0 bridgehead atoms. The zero-order valence-electron chi connectivity index (χ0n) is 15.8. The first-order valence-electron chi connectivity index (χ1n) is 9.61. The molecule has 2 aliphatic rings. The summed E-state index contributed by atoms with van der Waals surface area (Å²) in [5, 5.41) is 0. The van der Waals surface area contributed by atoms with Crippen LogP contribution in [0.1, 0.15) is 26.7 Å². The Balaban J connectivity index is 1.64. The minimum atomic E-state index is -0.932. The van der Waals surface area contributed by atoms with Crippen molar-refractivity contribution in [3.8, 4) is 11.5 Å². The van der Waals surface area contributed by atoms with E-state index in [2.05, 4.69) is 0 Å². The number of para-hydroxylation sites is 2. The normalized spacial score (nSPS) is 25.1. The maximum absolute atomic E-state index is 6.69. The molecule has 0 N–H and O–H groups in total. The van der Waals surface area contributed by atoms with E-state index in [0.29, 0.717) is 26.1 Å². The van der Waals surface area contributed by atoms with Gasteiger partial charge in [-0.05, 0) is 24.3 Å². The lowest BCUT2D eigenvalue weighted by Gasteiger charge is -2.41. The Morgan fingerprint density at radius 1 is 0.741 bits per heavy atom. The molecule has 0 amide bonds. The molecule has 4 unspecified atom stereocenters. The Kier molecular flexibility index (Phi) is 5.08. The van der Waals surface area contributed by atoms with Gasteiger partial charge in [-0.3, -0.25) is 4.74 Å². The average Bonchev–Trinajstić information content (AvgIpc) is 3.60. The minimum Gasteiger partial charge on any atom is -0.459 e. The van der Waals surface area contributed by atoms with Gasteiger partial charge in [0.2, 0.25) is 11.6 Å². The van der Waals surface area contributed by atoms with Crippen LogP contribution >= 0.6 is 0 Å². The van der Waals surface area contributed by atoms with Gasteiger partial charge in [0.15, 0.2) is 0 Å². The van der Waals surface area contributed by atoms with Crippen molar-refractivity contribution in [3.63, 3.8) is 0 Å². The smallest absolute Gasteiger partial charge is 0.242 e. The lowest BCUT2D eigenvalue weighted by atomic mass is 10.1. The second kappa shape index (κ2) is 7.50. The van der Waals surface area contributed by atoms with E-state index in [1.54, 1.807) is 0 Å². The SMILES string of the molecule is CCC(Oc1ccccc1)(OC(CC)(Oc1ccccc1)C1CO1)C1CO1. The fourth-order valence-corrected chi connectivity index (χ4v) is 3.32. The first-order chi connectivity index (χ1) is 13.2. The van der Waals surface area contributed by atoms with Gasteiger partial charge in [0, 0.05) is 12.8 Å². The summed E-state index contributed by atoms with van der Waals surface area (Å²) in [6, 6.07) is 19.4. The van der Waals surface area contributed by atoms with Crippen LogP contribution < -0.4 is 9.47 Å². The summed E-state index contributed by atoms with van der Waals surface area (Å²) < 4.78 is 30.7. The van der Waals surface area contributed by atoms with E-state index in [1.165, 1.54) is 0 Å². The second-order valence-corrected chi connectivity index (χ2v) is 6.91. The maximum Gasteiger partial charge on any atom is 0.242 e. The molecule has 2 aromatic rings. The van der Waals surface area contributed by atoms with Gasteiger partial charge in [0.1, 0.15) is 23.7 Å². The summed E-state index contributed by atoms with van der Waals surface area (Å²) >= 11 is 0. The number of rotatable bonds is 10. The summed E-state index contributed by atoms with van der Waals surface area (Å²) in [5.74, 6) is -0.372. The molecule has 0 aliphatic carbocycles. The zero-order valence-corrected chi connectivity index (χ0v) is 15.8. The van der Waals surface area contributed by atoms with Crippen LogP contribution in [0.3, 0.4) is 0 Å². The maximum atomic E-state index is 6.69. The molecule has 4 rings (SSSR count). The number of hydrogen-bond donors (Lipinski definition) is 0. The largest absolute Gasteiger partial charge is 0.459 e. The van der Waals surface area contributed by atoms with E-state index >= 15 is 0 Å². The molecular formula is C22H26O5. The van der Waals surface area contributed by atoms with Gasteiger partial charge in [-0.25, -0.2) is 0 Å². The molecule has 4 atom stereocenters. The second-order valence-electron chi connectivity index (χ2n) is 6.91. The molecule has 2 heterocycles. The van der Waals surface area contributed by atoms with Crippen LogP contribution in [0.15, 0.2) is 60.7 Å². The van der Waals surface area contributed by atoms with E-state index in [-0.39, 0.29) is 12.2 Å². The van der Waals surface area contributed by atoms with Crippen LogP contribution in [0.2, 0.25) is 0 Å². The van der Waals surface area contributed by atoms with Crippen molar-refractivity contribution in [3.05, 3.63) is 60.7 Å². The highest BCUT2D eigenvalue weighted by Crippen LogP contribution is 2.43. The summed E-state index contributed by atoms with van der Waals surface area (Å²) in [6.45, 7) is 5.30. The molecule has 5 nitrogen and oxygen atoms in total. The molecule has 5 heteroatoms. The highest BCUT2D eigenvalue weighted by Gasteiger charge is 2.59. The molecule has 0 spiro atoms.